The average molecular weight is 288 g/mol. The van der Waals surface area contributed by atoms with E-state index in [-0.39, 0.29) is 0 Å². The molecule has 4 heteroatoms. The maximum absolute atomic E-state index is 11.9. The Labute approximate surface area is 126 Å². The van der Waals surface area contributed by atoms with E-state index in [2.05, 4.69) is 4.98 Å². The number of hydrogen-bond acceptors (Lipinski definition) is 4. The van der Waals surface area contributed by atoms with Gasteiger partial charge in [0.25, 0.3) is 0 Å². The van der Waals surface area contributed by atoms with Gasteiger partial charge in [0, 0.05) is 5.39 Å². The molecule has 1 aromatic heterocycles. The fourth-order valence-corrected chi connectivity index (χ4v) is 2.71. The summed E-state index contributed by atoms with van der Waals surface area (Å²) in [6.45, 7) is 0. The van der Waals surface area contributed by atoms with Gasteiger partial charge in [-0.15, -0.1) is 0 Å². The van der Waals surface area contributed by atoms with E-state index in [1.54, 1.807) is 12.1 Å². The largest absolute Gasteiger partial charge is 0.465 e. The van der Waals surface area contributed by atoms with Gasteiger partial charge in [0.2, 0.25) is 0 Å². The number of fused-ring (bicyclic) bond motifs is 4. The molecular formula is C18H12N2O2. The van der Waals surface area contributed by atoms with Crippen molar-refractivity contribution < 1.29 is 9.53 Å². The molecule has 3 aromatic carbocycles. The van der Waals surface area contributed by atoms with Crippen LogP contribution in [0.3, 0.4) is 0 Å². The molecule has 0 bridgehead atoms. The maximum Gasteiger partial charge on any atom is 0.340 e. The number of aromatic nitrogens is 2. The zero-order valence-corrected chi connectivity index (χ0v) is 11.9. The van der Waals surface area contributed by atoms with E-state index in [0.29, 0.717) is 16.6 Å². The monoisotopic (exact) mass is 288 g/mol. The zero-order valence-electron chi connectivity index (χ0n) is 11.9. The highest BCUT2D eigenvalue weighted by Gasteiger charge is 2.13. The number of rotatable bonds is 1. The maximum atomic E-state index is 11.9. The predicted molar refractivity (Wildman–Crippen MR) is 85.9 cm³/mol. The third kappa shape index (κ3) is 1.81. The number of hydrogen-bond donors (Lipinski definition) is 0. The molecule has 4 nitrogen and oxygen atoms in total. The van der Waals surface area contributed by atoms with Crippen molar-refractivity contribution in [3.63, 3.8) is 0 Å². The number of benzene rings is 3. The van der Waals surface area contributed by atoms with Crippen molar-refractivity contribution in [3.8, 4) is 0 Å². The minimum Gasteiger partial charge on any atom is -0.465 e. The second kappa shape index (κ2) is 4.77. The molecule has 0 aliphatic carbocycles. The van der Waals surface area contributed by atoms with Gasteiger partial charge in [-0.05, 0) is 23.6 Å². The average Bonchev–Trinajstić information content (AvgIpc) is 2.58. The Morgan fingerprint density at radius 2 is 1.68 bits per heavy atom. The summed E-state index contributed by atoms with van der Waals surface area (Å²) in [5.41, 5.74) is 3.29. The Kier molecular flexibility index (Phi) is 2.76. The SMILES string of the molecule is COC(=O)c1cccc2nc3ccc4ccccc4c3nc12. The quantitative estimate of drug-likeness (QED) is 0.304. The Morgan fingerprint density at radius 3 is 2.55 bits per heavy atom. The van der Waals surface area contributed by atoms with E-state index in [4.69, 9.17) is 9.72 Å². The van der Waals surface area contributed by atoms with Crippen molar-refractivity contribution in [3.05, 3.63) is 60.2 Å². The van der Waals surface area contributed by atoms with Crippen LogP contribution in [0.1, 0.15) is 10.4 Å². The van der Waals surface area contributed by atoms with Crippen LogP contribution in [0.25, 0.3) is 32.8 Å². The Balaban J connectivity index is 2.17. The molecule has 0 saturated carbocycles. The standard InChI is InChI=1S/C18H12N2O2/c1-22-18(21)13-7-4-8-14-17(13)20-16-12-6-3-2-5-11(12)9-10-15(16)19-14/h2-10H,1H3. The molecule has 0 amide bonds. The van der Waals surface area contributed by atoms with Gasteiger partial charge in [-0.2, -0.15) is 0 Å². The van der Waals surface area contributed by atoms with Gasteiger partial charge in [-0.1, -0.05) is 36.4 Å². The summed E-state index contributed by atoms with van der Waals surface area (Å²) in [5.74, 6) is -0.403. The topological polar surface area (TPSA) is 52.1 Å². The lowest BCUT2D eigenvalue weighted by Crippen LogP contribution is -2.03. The van der Waals surface area contributed by atoms with Gasteiger partial charge in [0.05, 0.1) is 29.2 Å². The highest BCUT2D eigenvalue weighted by Crippen LogP contribution is 2.26. The van der Waals surface area contributed by atoms with Gasteiger partial charge in [-0.25, -0.2) is 14.8 Å². The molecule has 1 heterocycles. The molecule has 0 fully saturated rings. The zero-order chi connectivity index (χ0) is 15.1. The molecular weight excluding hydrogens is 276 g/mol. The number of carbonyl (C=O) groups is 1. The van der Waals surface area contributed by atoms with Crippen LogP contribution in [0, 0.1) is 0 Å². The minimum absolute atomic E-state index is 0.403. The van der Waals surface area contributed by atoms with Crippen molar-refractivity contribution in [1.29, 1.82) is 0 Å². The number of nitrogens with zero attached hydrogens (tertiary/aromatic N) is 2. The Hall–Kier alpha value is -3.01. The number of ether oxygens (including phenoxy) is 1. The molecule has 106 valence electrons. The third-order valence-corrected chi connectivity index (χ3v) is 3.76. The van der Waals surface area contributed by atoms with Crippen LogP contribution in [0.5, 0.6) is 0 Å². The molecule has 22 heavy (non-hydrogen) atoms. The summed E-state index contributed by atoms with van der Waals surface area (Å²) in [7, 11) is 1.37. The Morgan fingerprint density at radius 1 is 0.864 bits per heavy atom. The molecule has 0 aliphatic rings. The van der Waals surface area contributed by atoms with Gasteiger partial charge >= 0.3 is 5.97 Å². The number of para-hydroxylation sites is 1. The fraction of sp³-hybridized carbons (Fsp3) is 0.0556. The normalized spacial score (nSPS) is 11.1. The molecule has 0 N–H and O–H groups in total. The van der Waals surface area contributed by atoms with Gasteiger partial charge < -0.3 is 4.74 Å². The summed E-state index contributed by atoms with van der Waals surface area (Å²) in [6.07, 6.45) is 0. The Bertz CT molecular complexity index is 1040. The summed E-state index contributed by atoms with van der Waals surface area (Å²) in [5, 5.41) is 2.12. The first-order chi connectivity index (χ1) is 10.8. The molecule has 4 aromatic rings. The molecule has 4 rings (SSSR count). The summed E-state index contributed by atoms with van der Waals surface area (Å²) in [6, 6.07) is 17.3. The summed E-state index contributed by atoms with van der Waals surface area (Å²) >= 11 is 0. The highest BCUT2D eigenvalue weighted by atomic mass is 16.5. The van der Waals surface area contributed by atoms with Crippen LogP contribution in [0.4, 0.5) is 0 Å². The number of carbonyl (C=O) groups excluding carboxylic acids is 1. The molecule has 0 radical (unpaired) electrons. The van der Waals surface area contributed by atoms with Crippen molar-refractivity contribution in [2.24, 2.45) is 0 Å². The molecule has 0 aliphatic heterocycles. The van der Waals surface area contributed by atoms with Crippen molar-refractivity contribution >= 4 is 38.8 Å². The van der Waals surface area contributed by atoms with Crippen LogP contribution >= 0.6 is 0 Å². The predicted octanol–water partition coefficient (Wildman–Crippen LogP) is 3.72. The van der Waals surface area contributed by atoms with Crippen LogP contribution in [-0.2, 0) is 4.74 Å². The van der Waals surface area contributed by atoms with Crippen LogP contribution in [0.15, 0.2) is 54.6 Å². The van der Waals surface area contributed by atoms with Crippen molar-refractivity contribution in [2.75, 3.05) is 7.11 Å². The van der Waals surface area contributed by atoms with Gasteiger partial charge in [-0.3, -0.25) is 0 Å². The summed E-state index contributed by atoms with van der Waals surface area (Å²) < 4.78 is 4.84. The smallest absolute Gasteiger partial charge is 0.340 e. The van der Waals surface area contributed by atoms with Crippen molar-refractivity contribution in [1.82, 2.24) is 9.97 Å². The summed E-state index contributed by atoms with van der Waals surface area (Å²) in [4.78, 5) is 21.3. The first-order valence-corrected chi connectivity index (χ1v) is 6.94. The molecule has 0 unspecified atom stereocenters. The van der Waals surface area contributed by atoms with E-state index in [0.717, 1.165) is 21.8 Å². The van der Waals surface area contributed by atoms with Gasteiger partial charge in [0.1, 0.15) is 5.52 Å². The first-order valence-electron chi connectivity index (χ1n) is 6.94. The van der Waals surface area contributed by atoms with Crippen LogP contribution < -0.4 is 0 Å². The third-order valence-electron chi connectivity index (χ3n) is 3.76. The van der Waals surface area contributed by atoms with E-state index < -0.39 is 5.97 Å². The van der Waals surface area contributed by atoms with Crippen LogP contribution in [-0.4, -0.2) is 23.0 Å². The lowest BCUT2D eigenvalue weighted by atomic mass is 10.1. The second-order valence-corrected chi connectivity index (χ2v) is 5.04. The lowest BCUT2D eigenvalue weighted by Gasteiger charge is -2.07. The minimum atomic E-state index is -0.403. The van der Waals surface area contributed by atoms with E-state index in [1.165, 1.54) is 7.11 Å². The molecule has 0 saturated heterocycles. The molecule has 0 atom stereocenters. The van der Waals surface area contributed by atoms with E-state index >= 15 is 0 Å². The number of esters is 1. The van der Waals surface area contributed by atoms with Crippen LogP contribution in [0.2, 0.25) is 0 Å². The van der Waals surface area contributed by atoms with E-state index in [1.807, 2.05) is 42.5 Å². The van der Waals surface area contributed by atoms with Gasteiger partial charge in [0.15, 0.2) is 0 Å². The lowest BCUT2D eigenvalue weighted by molar-refractivity contribution is 0.0603. The van der Waals surface area contributed by atoms with Crippen molar-refractivity contribution in [2.45, 2.75) is 0 Å². The first kappa shape index (κ1) is 12.7. The molecule has 0 spiro atoms. The van der Waals surface area contributed by atoms with E-state index in [9.17, 15) is 4.79 Å². The second-order valence-electron chi connectivity index (χ2n) is 5.04. The fourth-order valence-electron chi connectivity index (χ4n) is 2.71. The number of methoxy groups -OCH3 is 1. The highest BCUT2D eigenvalue weighted by molar-refractivity contribution is 6.08.